The average Bonchev–Trinajstić information content (AvgIpc) is 2.90. The Hall–Kier alpha value is -2.98. The lowest BCUT2D eigenvalue weighted by Gasteiger charge is -2.41. The second-order valence-electron chi connectivity index (χ2n) is 9.46. The van der Waals surface area contributed by atoms with Gasteiger partial charge in [-0.1, -0.05) is 0 Å². The fraction of sp³-hybridized carbons (Fsp3) is 0.444. The van der Waals surface area contributed by atoms with Gasteiger partial charge in [0.1, 0.15) is 30.1 Å². The average molecular weight is 525 g/mol. The predicted molar refractivity (Wildman–Crippen MR) is 128 cm³/mol. The van der Waals surface area contributed by atoms with Gasteiger partial charge in [0, 0.05) is 36.2 Å². The van der Waals surface area contributed by atoms with E-state index < -0.39 is 34.9 Å². The Morgan fingerprint density at radius 3 is 2.38 bits per heavy atom. The molecular weight excluding hydrogens is 495 g/mol. The van der Waals surface area contributed by atoms with Crippen LogP contribution in [-0.4, -0.2) is 54.9 Å². The smallest absolute Gasteiger partial charge is 0.194 e. The van der Waals surface area contributed by atoms with Gasteiger partial charge < -0.3 is 14.6 Å². The molecule has 3 aromatic rings. The molecule has 1 saturated heterocycles. The van der Waals surface area contributed by atoms with Crippen molar-refractivity contribution in [3.63, 3.8) is 0 Å². The fourth-order valence-corrected chi connectivity index (χ4v) is 4.84. The zero-order valence-electron chi connectivity index (χ0n) is 20.5. The summed E-state index contributed by atoms with van der Waals surface area (Å²) in [6.45, 7) is 1.70. The van der Waals surface area contributed by atoms with Crippen molar-refractivity contribution in [2.24, 2.45) is 5.41 Å². The number of hydrogen-bond donors (Lipinski definition) is 1. The third-order valence-corrected chi connectivity index (χ3v) is 7.20. The van der Waals surface area contributed by atoms with E-state index in [4.69, 9.17) is 9.47 Å². The summed E-state index contributed by atoms with van der Waals surface area (Å²) < 4.78 is 80.3. The van der Waals surface area contributed by atoms with Crippen LogP contribution in [0.1, 0.15) is 37.4 Å². The summed E-state index contributed by atoms with van der Waals surface area (Å²) in [4.78, 5) is 6.11. The lowest BCUT2D eigenvalue weighted by atomic mass is 9.74. The highest BCUT2D eigenvalue weighted by molar-refractivity contribution is 5.84. The molecule has 4 rings (SSSR count). The minimum Gasteiger partial charge on any atom is -0.497 e. The number of nitrogens with zero attached hydrogens (tertiary/aromatic N) is 2. The molecule has 0 bridgehead atoms. The number of halogens is 5. The molecule has 2 aromatic carbocycles. The number of alkyl halides is 1. The molecule has 0 amide bonds. The Kier molecular flexibility index (Phi) is 8.49. The van der Waals surface area contributed by atoms with Gasteiger partial charge in [-0.15, -0.1) is 0 Å². The van der Waals surface area contributed by atoms with Crippen molar-refractivity contribution in [3.05, 3.63) is 65.4 Å². The molecule has 0 aliphatic carbocycles. The van der Waals surface area contributed by atoms with Gasteiger partial charge in [-0.3, -0.25) is 9.88 Å². The van der Waals surface area contributed by atoms with E-state index in [1.54, 1.807) is 18.2 Å². The van der Waals surface area contributed by atoms with Gasteiger partial charge >= 0.3 is 0 Å². The number of benzene rings is 2. The molecule has 0 saturated carbocycles. The van der Waals surface area contributed by atoms with Crippen LogP contribution in [-0.2, 0) is 0 Å². The van der Waals surface area contributed by atoms with Crippen LogP contribution in [0.15, 0.2) is 36.5 Å². The van der Waals surface area contributed by atoms with Gasteiger partial charge in [-0.05, 0) is 62.4 Å². The van der Waals surface area contributed by atoms with Gasteiger partial charge in [-0.2, -0.15) is 0 Å². The molecule has 10 heteroatoms. The molecule has 0 spiro atoms. The molecule has 1 aliphatic heterocycles. The molecule has 37 heavy (non-hydrogen) atoms. The number of fused-ring (bicyclic) bond motifs is 1. The third kappa shape index (κ3) is 6.13. The van der Waals surface area contributed by atoms with Crippen LogP contribution in [0.5, 0.6) is 11.5 Å². The Morgan fingerprint density at radius 2 is 1.73 bits per heavy atom. The van der Waals surface area contributed by atoms with E-state index >= 15 is 4.39 Å². The normalized spacial score (nSPS) is 16.6. The van der Waals surface area contributed by atoms with Crippen molar-refractivity contribution in [3.8, 4) is 11.5 Å². The van der Waals surface area contributed by atoms with Gasteiger partial charge in [0.15, 0.2) is 17.5 Å². The van der Waals surface area contributed by atoms with E-state index in [1.807, 2.05) is 0 Å². The Labute approximate surface area is 211 Å². The molecule has 1 fully saturated rings. The summed E-state index contributed by atoms with van der Waals surface area (Å²) >= 11 is 0. The first-order valence-corrected chi connectivity index (χ1v) is 12.1. The van der Waals surface area contributed by atoms with Gasteiger partial charge in [-0.25, -0.2) is 22.0 Å². The van der Waals surface area contributed by atoms with Gasteiger partial charge in [0.2, 0.25) is 0 Å². The zero-order chi connectivity index (χ0) is 26.6. The summed E-state index contributed by atoms with van der Waals surface area (Å²) in [5.41, 5.74) is -0.0827. The molecule has 1 atom stereocenters. The quantitative estimate of drug-likeness (QED) is 0.271. The number of rotatable bonds is 10. The highest BCUT2D eigenvalue weighted by Gasteiger charge is 2.35. The molecule has 1 aliphatic rings. The standard InChI is InChI=1S/C27H29F5N2O3/c1-36-17-2-3-24-19(12-17)25(23(31)15-33-24)20(28)4-5-27(16-35)6-8-34(9-7-27)10-11-37-18-13-21(29)26(32)22(30)14-18/h2-3,12-15,20,35H,4-11,16H2,1H3/t20-/m1/s1. The van der Waals surface area contributed by atoms with Gasteiger partial charge in [0.05, 0.1) is 18.8 Å². The maximum atomic E-state index is 15.4. The van der Waals surface area contributed by atoms with Crippen LogP contribution < -0.4 is 9.47 Å². The van der Waals surface area contributed by atoms with Crippen molar-refractivity contribution < 1.29 is 36.5 Å². The molecule has 0 radical (unpaired) electrons. The van der Waals surface area contributed by atoms with Gasteiger partial charge in [0.25, 0.3) is 0 Å². The topological polar surface area (TPSA) is 54.8 Å². The third-order valence-electron chi connectivity index (χ3n) is 7.20. The van der Waals surface area contributed by atoms with E-state index in [1.165, 1.54) is 7.11 Å². The monoisotopic (exact) mass is 524 g/mol. The first-order chi connectivity index (χ1) is 17.7. The molecule has 200 valence electrons. The summed E-state index contributed by atoms with van der Waals surface area (Å²) in [5.74, 6) is -4.51. The number of pyridine rings is 1. The molecular formula is C27H29F5N2O3. The van der Waals surface area contributed by atoms with E-state index in [9.17, 15) is 22.7 Å². The highest BCUT2D eigenvalue weighted by atomic mass is 19.2. The number of aliphatic hydroxyl groups excluding tert-OH is 1. The Bertz CT molecular complexity index is 1210. The number of methoxy groups -OCH3 is 1. The van der Waals surface area contributed by atoms with Crippen LogP contribution in [0.3, 0.4) is 0 Å². The molecule has 1 aromatic heterocycles. The van der Waals surface area contributed by atoms with E-state index in [2.05, 4.69) is 9.88 Å². The molecule has 5 nitrogen and oxygen atoms in total. The Balaban J connectivity index is 1.32. The second-order valence-corrected chi connectivity index (χ2v) is 9.46. The van der Waals surface area contributed by atoms with Crippen LogP contribution in [0, 0.1) is 28.7 Å². The van der Waals surface area contributed by atoms with Crippen molar-refractivity contribution in [2.75, 3.05) is 40.0 Å². The molecule has 2 heterocycles. The van der Waals surface area contributed by atoms with Crippen LogP contribution in [0.25, 0.3) is 10.9 Å². The summed E-state index contributed by atoms with van der Waals surface area (Å²) in [6, 6.07) is 6.50. The van der Waals surface area contributed by atoms with Crippen molar-refractivity contribution in [1.29, 1.82) is 0 Å². The molecule has 0 unspecified atom stereocenters. The number of ether oxygens (including phenoxy) is 2. The predicted octanol–water partition coefficient (Wildman–Crippen LogP) is 5.74. The second kappa shape index (κ2) is 11.6. The minimum absolute atomic E-state index is 0.0403. The lowest BCUT2D eigenvalue weighted by molar-refractivity contribution is 0.0264. The number of likely N-dealkylation sites (tertiary alicyclic amines) is 1. The van der Waals surface area contributed by atoms with Crippen molar-refractivity contribution in [2.45, 2.75) is 31.9 Å². The Morgan fingerprint density at radius 1 is 1.03 bits per heavy atom. The zero-order valence-corrected chi connectivity index (χ0v) is 20.5. The number of aliphatic hydroxyl groups is 1. The molecule has 1 N–H and O–H groups in total. The number of piperidine rings is 1. The van der Waals surface area contributed by atoms with E-state index in [-0.39, 0.29) is 30.9 Å². The first kappa shape index (κ1) is 27.1. The van der Waals surface area contributed by atoms with E-state index in [0.29, 0.717) is 55.5 Å². The van der Waals surface area contributed by atoms with Crippen LogP contribution >= 0.6 is 0 Å². The maximum absolute atomic E-state index is 15.4. The van der Waals surface area contributed by atoms with Crippen LogP contribution in [0.2, 0.25) is 0 Å². The largest absolute Gasteiger partial charge is 0.497 e. The first-order valence-electron chi connectivity index (χ1n) is 12.1. The van der Waals surface area contributed by atoms with Crippen molar-refractivity contribution >= 4 is 10.9 Å². The fourth-order valence-electron chi connectivity index (χ4n) is 4.84. The number of hydrogen-bond acceptors (Lipinski definition) is 5. The minimum atomic E-state index is -1.58. The van der Waals surface area contributed by atoms with Crippen molar-refractivity contribution in [1.82, 2.24) is 9.88 Å². The maximum Gasteiger partial charge on any atom is 0.194 e. The highest BCUT2D eigenvalue weighted by Crippen LogP contribution is 2.40. The SMILES string of the molecule is COc1ccc2ncc(F)c([C@H](F)CCC3(CO)CCN(CCOc4cc(F)c(F)c(F)c4)CC3)c2c1. The summed E-state index contributed by atoms with van der Waals surface area (Å²) in [6.07, 6.45) is 1.05. The number of aromatic nitrogens is 1. The lowest BCUT2D eigenvalue weighted by Crippen LogP contribution is -2.43. The summed E-state index contributed by atoms with van der Waals surface area (Å²) in [7, 11) is 1.48. The van der Waals surface area contributed by atoms with Crippen LogP contribution in [0.4, 0.5) is 22.0 Å². The summed E-state index contributed by atoms with van der Waals surface area (Å²) in [5, 5.41) is 10.5. The van der Waals surface area contributed by atoms with E-state index in [0.717, 1.165) is 18.3 Å².